The summed E-state index contributed by atoms with van der Waals surface area (Å²) in [4.78, 5) is 8.43. The summed E-state index contributed by atoms with van der Waals surface area (Å²) < 4.78 is 32.9. The van der Waals surface area contributed by atoms with Crippen molar-refractivity contribution in [2.45, 2.75) is 64.1 Å². The Morgan fingerprint density at radius 3 is 2.84 bits per heavy atom. The van der Waals surface area contributed by atoms with Gasteiger partial charge in [-0.2, -0.15) is 5.10 Å². The van der Waals surface area contributed by atoms with Gasteiger partial charge in [-0.1, -0.05) is 0 Å². The highest BCUT2D eigenvalue weighted by molar-refractivity contribution is 5.88. The van der Waals surface area contributed by atoms with E-state index in [1.54, 1.807) is 11.8 Å². The van der Waals surface area contributed by atoms with Gasteiger partial charge < -0.3 is 24.7 Å². The Labute approximate surface area is 146 Å². The van der Waals surface area contributed by atoms with Crippen molar-refractivity contribution in [1.82, 2.24) is 19.7 Å². The molecule has 1 unspecified atom stereocenters. The second-order valence-corrected chi connectivity index (χ2v) is 6.80. The number of nitrogens with two attached hydrogens (primary N) is 1. The van der Waals surface area contributed by atoms with Crippen molar-refractivity contribution in [3.63, 3.8) is 0 Å². The molecule has 0 bridgehead atoms. The lowest BCUT2D eigenvalue weighted by molar-refractivity contribution is -0.195. The molecule has 0 aromatic carbocycles. The van der Waals surface area contributed by atoms with Crippen LogP contribution in [-0.2, 0) is 18.9 Å². The molecule has 2 aliphatic heterocycles. The summed E-state index contributed by atoms with van der Waals surface area (Å²) in [5.74, 6) is -0.416. The summed E-state index contributed by atoms with van der Waals surface area (Å²) >= 11 is 0. The van der Waals surface area contributed by atoms with Crippen LogP contribution in [0.2, 0.25) is 0 Å². The van der Waals surface area contributed by atoms with Crippen LogP contribution in [0.4, 0.5) is 5.82 Å². The molecule has 2 aromatic heterocycles. The van der Waals surface area contributed by atoms with Crippen molar-refractivity contribution < 1.29 is 20.3 Å². The Morgan fingerprint density at radius 2 is 2.12 bits per heavy atom. The first-order chi connectivity index (χ1) is 12.4. The summed E-state index contributed by atoms with van der Waals surface area (Å²) in [7, 11) is 1.60. The third kappa shape index (κ3) is 2.50. The van der Waals surface area contributed by atoms with Gasteiger partial charge in [0, 0.05) is 8.48 Å². The third-order valence-electron chi connectivity index (χ3n) is 4.65. The molecule has 2 N–H and O–H groups in total. The van der Waals surface area contributed by atoms with Crippen LogP contribution in [0.15, 0.2) is 6.33 Å². The molecular formula is C16H23N5O4. The molecule has 0 aliphatic carbocycles. The van der Waals surface area contributed by atoms with Crippen LogP contribution in [0, 0.1) is 0 Å². The molecule has 0 spiro atoms. The summed E-state index contributed by atoms with van der Waals surface area (Å²) in [5.41, 5.74) is 7.25. The molecule has 4 heterocycles. The van der Waals surface area contributed by atoms with Crippen LogP contribution in [-0.4, -0.2) is 51.0 Å². The first-order valence-corrected chi connectivity index (χ1v) is 8.18. The lowest BCUT2D eigenvalue weighted by Crippen LogP contribution is -2.28. The molecule has 0 amide bonds. The molecule has 0 saturated carbocycles. The van der Waals surface area contributed by atoms with Crippen molar-refractivity contribution in [3.05, 3.63) is 12.0 Å². The maximum atomic E-state index is 7.78. The van der Waals surface area contributed by atoms with E-state index >= 15 is 0 Å². The largest absolute Gasteiger partial charge is 0.383 e. The van der Waals surface area contributed by atoms with Gasteiger partial charge in [0.1, 0.15) is 30.0 Å². The fraction of sp³-hybridized carbons (Fsp3) is 0.688. The van der Waals surface area contributed by atoms with Crippen LogP contribution >= 0.6 is 0 Å². The van der Waals surface area contributed by atoms with E-state index < -0.39 is 24.2 Å². The minimum atomic E-state index is -0.746. The summed E-state index contributed by atoms with van der Waals surface area (Å²) in [6, 6.07) is 0. The number of hydrogen-bond donors (Lipinski definition) is 1. The zero-order valence-electron chi connectivity index (χ0n) is 15.7. The van der Waals surface area contributed by atoms with Crippen LogP contribution in [0.1, 0.15) is 47.1 Å². The fourth-order valence-corrected chi connectivity index (χ4v) is 3.45. The predicted molar refractivity (Wildman–Crippen MR) is 88.6 cm³/mol. The fourth-order valence-electron chi connectivity index (χ4n) is 3.45. The SMILES string of the molecule is [3H]C[C@H]1O[C@@H](n2nc(C(C)OC)c3c(N)ncnc32)[C@@H]2OC(C)(C)O[C@@H]21. The predicted octanol–water partition coefficient (Wildman–Crippen LogP) is 1.55. The Balaban J connectivity index is 1.83. The first-order valence-electron chi connectivity index (χ1n) is 8.88. The number of nitrogen functional groups attached to an aromatic ring is 1. The van der Waals surface area contributed by atoms with Crippen molar-refractivity contribution in [2.24, 2.45) is 0 Å². The molecule has 2 fully saturated rings. The van der Waals surface area contributed by atoms with E-state index in [0.29, 0.717) is 22.5 Å². The topological polar surface area (TPSA) is 107 Å². The number of rotatable bonds is 3. The van der Waals surface area contributed by atoms with Crippen LogP contribution in [0.25, 0.3) is 11.0 Å². The number of methoxy groups -OCH3 is 1. The first kappa shape index (κ1) is 15.4. The van der Waals surface area contributed by atoms with Gasteiger partial charge in [0.15, 0.2) is 17.7 Å². The van der Waals surface area contributed by atoms with Gasteiger partial charge >= 0.3 is 0 Å². The van der Waals surface area contributed by atoms with E-state index in [0.717, 1.165) is 0 Å². The van der Waals surface area contributed by atoms with E-state index in [4.69, 9.17) is 26.1 Å². The van der Waals surface area contributed by atoms with Crippen LogP contribution in [0.5, 0.6) is 0 Å². The van der Waals surface area contributed by atoms with E-state index in [-0.39, 0.29) is 19.1 Å². The second kappa shape index (κ2) is 5.60. The standard InChI is InChI=1S/C16H23N5O4/c1-7(22-5)10-9-13(17)18-6-19-14(9)21(20-10)15-12-11(8(2)23-15)24-16(3,4)25-12/h6-8,11-12,15H,1-5H3,(H2,17,18,19)/t7?,8-,11-,12-,15-/m1/s1/i2T. The molecule has 4 rings (SSSR count). The minimum absolute atomic E-state index is 0.0642. The zero-order chi connectivity index (χ0) is 18.6. The number of anilines is 1. The molecular weight excluding hydrogens is 326 g/mol. The van der Waals surface area contributed by atoms with E-state index in [2.05, 4.69) is 15.1 Å². The Kier molecular flexibility index (Phi) is 3.46. The molecule has 5 atom stereocenters. The molecule has 2 aliphatic rings. The Hall–Kier alpha value is -1.81. The highest BCUT2D eigenvalue weighted by atomic mass is 16.8. The lowest BCUT2D eigenvalue weighted by atomic mass is 10.1. The van der Waals surface area contributed by atoms with Gasteiger partial charge in [-0.05, 0) is 27.7 Å². The number of ether oxygens (including phenoxy) is 4. The van der Waals surface area contributed by atoms with Gasteiger partial charge in [-0.15, -0.1) is 0 Å². The van der Waals surface area contributed by atoms with Gasteiger partial charge in [0.2, 0.25) is 0 Å². The highest BCUT2D eigenvalue weighted by Crippen LogP contribution is 2.44. The summed E-state index contributed by atoms with van der Waals surface area (Å²) in [6.45, 7) is 5.64. The number of aromatic nitrogens is 4. The molecule has 136 valence electrons. The van der Waals surface area contributed by atoms with Gasteiger partial charge in [-0.25, -0.2) is 14.6 Å². The molecule has 2 saturated heterocycles. The van der Waals surface area contributed by atoms with Crippen LogP contribution in [0.3, 0.4) is 0 Å². The Bertz CT molecular complexity index is 828. The van der Waals surface area contributed by atoms with E-state index in [1.807, 2.05) is 20.8 Å². The average molecular weight is 351 g/mol. The molecule has 0 radical (unpaired) electrons. The van der Waals surface area contributed by atoms with Crippen molar-refractivity contribution >= 4 is 16.9 Å². The molecule has 9 heteroatoms. The second-order valence-electron chi connectivity index (χ2n) is 6.80. The minimum Gasteiger partial charge on any atom is -0.383 e. The lowest BCUT2D eigenvalue weighted by Gasteiger charge is -2.23. The smallest absolute Gasteiger partial charge is 0.181 e. The van der Waals surface area contributed by atoms with E-state index in [9.17, 15) is 0 Å². The van der Waals surface area contributed by atoms with Crippen molar-refractivity contribution in [3.8, 4) is 0 Å². The number of hydrogen-bond acceptors (Lipinski definition) is 8. The van der Waals surface area contributed by atoms with Crippen molar-refractivity contribution in [1.29, 1.82) is 0 Å². The highest BCUT2D eigenvalue weighted by Gasteiger charge is 2.55. The summed E-state index contributed by atoms with van der Waals surface area (Å²) in [5, 5.41) is 5.30. The molecule has 25 heavy (non-hydrogen) atoms. The van der Waals surface area contributed by atoms with Gasteiger partial charge in [0.05, 0.1) is 17.6 Å². The zero-order valence-corrected chi connectivity index (χ0v) is 14.7. The van der Waals surface area contributed by atoms with Gasteiger partial charge in [0.25, 0.3) is 0 Å². The van der Waals surface area contributed by atoms with Gasteiger partial charge in [-0.3, -0.25) is 0 Å². The monoisotopic (exact) mass is 351 g/mol. The third-order valence-corrected chi connectivity index (χ3v) is 4.65. The maximum Gasteiger partial charge on any atom is 0.181 e. The number of nitrogens with zero attached hydrogens (tertiary/aromatic N) is 4. The van der Waals surface area contributed by atoms with Crippen LogP contribution < -0.4 is 5.73 Å². The normalized spacial score (nSPS) is 32.7. The molecule has 2 aromatic rings. The van der Waals surface area contributed by atoms with E-state index in [1.165, 1.54) is 6.33 Å². The summed E-state index contributed by atoms with van der Waals surface area (Å²) in [6.07, 6.45) is -0.630. The van der Waals surface area contributed by atoms with Crippen molar-refractivity contribution in [2.75, 3.05) is 12.8 Å². The average Bonchev–Trinajstić information content (AvgIpc) is 3.23. The maximum absolute atomic E-state index is 7.78. The Morgan fingerprint density at radius 1 is 1.36 bits per heavy atom. The molecule has 9 nitrogen and oxygen atoms in total. The quantitative estimate of drug-likeness (QED) is 0.888. The number of fused-ring (bicyclic) bond motifs is 2.